The first kappa shape index (κ1) is 16.2. The molecule has 1 atom stereocenters. The van der Waals surface area contributed by atoms with Crippen LogP contribution in [0.1, 0.15) is 36.5 Å². The van der Waals surface area contributed by atoms with Gasteiger partial charge in [0.25, 0.3) is 5.91 Å². The third-order valence-corrected chi connectivity index (χ3v) is 4.34. The van der Waals surface area contributed by atoms with Crippen LogP contribution in [0.25, 0.3) is 0 Å². The minimum Gasteiger partial charge on any atom is -0.375 e. The third-order valence-electron chi connectivity index (χ3n) is 3.78. The van der Waals surface area contributed by atoms with Crippen molar-refractivity contribution < 1.29 is 14.7 Å². The molecule has 1 aliphatic rings. The monoisotopic (exact) mass is 353 g/mol. The van der Waals surface area contributed by atoms with Gasteiger partial charge in [-0.2, -0.15) is 0 Å². The summed E-state index contributed by atoms with van der Waals surface area (Å²) in [5.74, 6) is -0.583. The van der Waals surface area contributed by atoms with Crippen LogP contribution in [0.4, 0.5) is 5.69 Å². The molecule has 1 N–H and O–H groups in total. The number of rotatable bonds is 5. The normalized spacial score (nSPS) is 20.8. The summed E-state index contributed by atoms with van der Waals surface area (Å²) in [7, 11) is 0. The number of nitrogens with zero attached hydrogens (tertiary/aromatic N) is 1. The van der Waals surface area contributed by atoms with E-state index in [-0.39, 0.29) is 18.1 Å². The molecule has 0 saturated carbocycles. The van der Waals surface area contributed by atoms with E-state index in [4.69, 9.17) is 0 Å². The molecule has 0 fully saturated rings. The topological polar surface area (TPSA) is 57.6 Å². The van der Waals surface area contributed by atoms with E-state index in [1.54, 1.807) is 4.90 Å². The molecule has 0 aliphatic carbocycles. The van der Waals surface area contributed by atoms with Gasteiger partial charge in [-0.3, -0.25) is 9.59 Å². The SMILES string of the molecule is CC(=O)CC1(O)C(=O)N(CCCBr)c2c(C)cc(C)cc21. The summed E-state index contributed by atoms with van der Waals surface area (Å²) in [6.07, 6.45) is 0.612. The average Bonchev–Trinajstić information content (AvgIpc) is 2.57. The van der Waals surface area contributed by atoms with E-state index in [0.717, 1.165) is 28.6 Å². The third kappa shape index (κ3) is 2.77. The number of alkyl halides is 1. The van der Waals surface area contributed by atoms with Crippen molar-refractivity contribution in [2.75, 3.05) is 16.8 Å². The highest BCUT2D eigenvalue weighted by molar-refractivity contribution is 9.09. The van der Waals surface area contributed by atoms with E-state index in [1.165, 1.54) is 6.92 Å². The van der Waals surface area contributed by atoms with E-state index in [9.17, 15) is 14.7 Å². The summed E-state index contributed by atoms with van der Waals surface area (Å²) in [5, 5.41) is 11.7. The summed E-state index contributed by atoms with van der Waals surface area (Å²) in [4.78, 5) is 25.8. The van der Waals surface area contributed by atoms with Crippen LogP contribution in [-0.4, -0.2) is 28.7 Å². The summed E-state index contributed by atoms with van der Waals surface area (Å²) in [6.45, 7) is 5.78. The van der Waals surface area contributed by atoms with E-state index >= 15 is 0 Å². The molecule has 1 aromatic carbocycles. The van der Waals surface area contributed by atoms with E-state index in [1.807, 2.05) is 26.0 Å². The van der Waals surface area contributed by atoms with Gasteiger partial charge in [0.15, 0.2) is 5.60 Å². The highest BCUT2D eigenvalue weighted by atomic mass is 79.9. The van der Waals surface area contributed by atoms with Crippen molar-refractivity contribution in [1.82, 2.24) is 0 Å². The minimum absolute atomic E-state index is 0.174. The van der Waals surface area contributed by atoms with Gasteiger partial charge in [0.05, 0.1) is 5.69 Å². The lowest BCUT2D eigenvalue weighted by Crippen LogP contribution is -2.42. The molecule has 2 rings (SSSR count). The maximum atomic E-state index is 12.7. The second kappa shape index (κ2) is 5.89. The standard InChI is InChI=1S/C16H20BrNO3/c1-10-7-11(2)14-13(8-10)16(21,9-12(3)19)15(20)18(14)6-4-5-17/h7-8,21H,4-6,9H2,1-3H3. The van der Waals surface area contributed by atoms with Gasteiger partial charge in [-0.05, 0) is 32.8 Å². The number of Topliss-reactive ketones (excluding diaryl/α,β-unsaturated/α-hetero) is 1. The molecule has 0 bridgehead atoms. The van der Waals surface area contributed by atoms with Crippen molar-refractivity contribution in [2.24, 2.45) is 0 Å². The molecule has 1 unspecified atom stereocenters. The number of carbonyl (C=O) groups is 2. The largest absolute Gasteiger partial charge is 0.375 e. The molecule has 1 aromatic rings. The lowest BCUT2D eigenvalue weighted by molar-refractivity contribution is -0.141. The Balaban J connectivity index is 2.58. The molecule has 1 amide bonds. The molecule has 21 heavy (non-hydrogen) atoms. The van der Waals surface area contributed by atoms with Crippen molar-refractivity contribution in [3.63, 3.8) is 0 Å². The van der Waals surface area contributed by atoms with Gasteiger partial charge in [0.1, 0.15) is 5.78 Å². The highest BCUT2D eigenvalue weighted by Gasteiger charge is 2.50. The van der Waals surface area contributed by atoms with E-state index in [0.29, 0.717) is 12.1 Å². The van der Waals surface area contributed by atoms with E-state index < -0.39 is 5.60 Å². The number of hydrogen-bond acceptors (Lipinski definition) is 3. The summed E-state index contributed by atoms with van der Waals surface area (Å²) < 4.78 is 0. The number of ketones is 1. The maximum Gasteiger partial charge on any atom is 0.264 e. The van der Waals surface area contributed by atoms with Gasteiger partial charge in [0, 0.05) is 23.9 Å². The van der Waals surface area contributed by atoms with E-state index in [2.05, 4.69) is 15.9 Å². The van der Waals surface area contributed by atoms with Gasteiger partial charge in [-0.15, -0.1) is 0 Å². The average molecular weight is 354 g/mol. The number of halogens is 1. The highest BCUT2D eigenvalue weighted by Crippen LogP contribution is 2.44. The summed E-state index contributed by atoms with van der Waals surface area (Å²) in [6, 6.07) is 3.81. The zero-order chi connectivity index (χ0) is 15.8. The van der Waals surface area contributed by atoms with Crippen molar-refractivity contribution >= 4 is 33.3 Å². The van der Waals surface area contributed by atoms with Gasteiger partial charge < -0.3 is 10.0 Å². The molecule has 0 saturated heterocycles. The lowest BCUT2D eigenvalue weighted by Gasteiger charge is -2.22. The van der Waals surface area contributed by atoms with Gasteiger partial charge in [-0.25, -0.2) is 0 Å². The van der Waals surface area contributed by atoms with Crippen LogP contribution in [0.5, 0.6) is 0 Å². The number of carbonyl (C=O) groups excluding carboxylic acids is 2. The molecule has 4 nitrogen and oxygen atoms in total. The van der Waals surface area contributed by atoms with Crippen LogP contribution in [-0.2, 0) is 15.2 Å². The number of amides is 1. The zero-order valence-corrected chi connectivity index (χ0v) is 14.2. The van der Waals surface area contributed by atoms with Crippen LogP contribution < -0.4 is 4.90 Å². The number of aryl methyl sites for hydroxylation is 2. The number of hydrogen-bond donors (Lipinski definition) is 1. The van der Waals surface area contributed by atoms with Crippen LogP contribution in [0.3, 0.4) is 0 Å². The van der Waals surface area contributed by atoms with Crippen molar-refractivity contribution in [1.29, 1.82) is 0 Å². The van der Waals surface area contributed by atoms with Gasteiger partial charge in [-0.1, -0.05) is 33.6 Å². The molecular weight excluding hydrogens is 334 g/mol. The molecule has 0 aromatic heterocycles. The Bertz CT molecular complexity index is 599. The minimum atomic E-state index is -1.72. The second-order valence-corrected chi connectivity index (χ2v) is 6.51. The first-order valence-corrected chi connectivity index (χ1v) is 8.15. The van der Waals surface area contributed by atoms with Crippen LogP contribution >= 0.6 is 15.9 Å². The Morgan fingerprint density at radius 2 is 2.05 bits per heavy atom. The maximum absolute atomic E-state index is 12.7. The number of aliphatic hydroxyl groups is 1. The fourth-order valence-corrected chi connectivity index (χ4v) is 3.29. The van der Waals surface area contributed by atoms with Crippen molar-refractivity contribution in [3.8, 4) is 0 Å². The van der Waals surface area contributed by atoms with Crippen LogP contribution in [0, 0.1) is 13.8 Å². The molecule has 1 heterocycles. The van der Waals surface area contributed by atoms with Gasteiger partial charge >= 0.3 is 0 Å². The van der Waals surface area contributed by atoms with Crippen LogP contribution in [0.2, 0.25) is 0 Å². The number of fused-ring (bicyclic) bond motifs is 1. The summed E-state index contributed by atoms with van der Waals surface area (Å²) >= 11 is 3.36. The zero-order valence-electron chi connectivity index (χ0n) is 12.6. The second-order valence-electron chi connectivity index (χ2n) is 5.72. The van der Waals surface area contributed by atoms with Gasteiger partial charge in [0.2, 0.25) is 0 Å². The fraction of sp³-hybridized carbons (Fsp3) is 0.500. The number of benzene rings is 1. The quantitative estimate of drug-likeness (QED) is 0.827. The van der Waals surface area contributed by atoms with Crippen LogP contribution in [0.15, 0.2) is 12.1 Å². The first-order valence-electron chi connectivity index (χ1n) is 7.02. The predicted octanol–water partition coefficient (Wildman–Crippen LogP) is 2.60. The lowest BCUT2D eigenvalue weighted by atomic mass is 9.88. The Morgan fingerprint density at radius 1 is 1.38 bits per heavy atom. The number of anilines is 1. The Morgan fingerprint density at radius 3 is 2.62 bits per heavy atom. The summed E-state index contributed by atoms with van der Waals surface area (Å²) in [5.41, 5.74) is 1.53. The van der Waals surface area contributed by atoms with Crippen molar-refractivity contribution in [2.45, 2.75) is 39.2 Å². The van der Waals surface area contributed by atoms with Crippen molar-refractivity contribution in [3.05, 3.63) is 28.8 Å². The molecule has 5 heteroatoms. The Labute approximate surface area is 133 Å². The molecular formula is C16H20BrNO3. The Hall–Kier alpha value is -1.20. The first-order chi connectivity index (χ1) is 9.81. The molecule has 0 radical (unpaired) electrons. The smallest absolute Gasteiger partial charge is 0.264 e. The molecule has 114 valence electrons. The Kier molecular flexibility index (Phi) is 4.54. The predicted molar refractivity (Wildman–Crippen MR) is 85.9 cm³/mol. The molecule has 0 spiro atoms. The molecule has 1 aliphatic heterocycles. The fourth-order valence-electron chi connectivity index (χ4n) is 3.04.